The van der Waals surface area contributed by atoms with Crippen molar-refractivity contribution < 1.29 is 5.11 Å². The van der Waals surface area contributed by atoms with Gasteiger partial charge in [0.25, 0.3) is 0 Å². The van der Waals surface area contributed by atoms with Crippen LogP contribution < -0.4 is 10.6 Å². The molecule has 0 saturated carbocycles. The molecule has 0 aliphatic rings. The van der Waals surface area contributed by atoms with Gasteiger partial charge in [-0.3, -0.25) is 0 Å². The second-order valence-electron chi connectivity index (χ2n) is 3.38. The van der Waals surface area contributed by atoms with Crippen molar-refractivity contribution in [3.05, 3.63) is 23.9 Å². The molecular weight excluding hydrogens is 210 g/mol. The number of pyridine rings is 1. The zero-order valence-corrected chi connectivity index (χ0v) is 9.66. The van der Waals surface area contributed by atoms with Crippen LogP contribution in [0.3, 0.4) is 0 Å². The van der Waals surface area contributed by atoms with Crippen LogP contribution in [0.25, 0.3) is 0 Å². The van der Waals surface area contributed by atoms with Crippen molar-refractivity contribution in [2.24, 2.45) is 5.73 Å². The number of rotatable bonds is 4. The molecule has 1 atom stereocenters. The second-order valence-corrected chi connectivity index (χ2v) is 3.82. The molecule has 0 spiro atoms. The highest BCUT2D eigenvalue weighted by molar-refractivity contribution is 7.80. The summed E-state index contributed by atoms with van der Waals surface area (Å²) < 4.78 is 0. The van der Waals surface area contributed by atoms with E-state index in [2.05, 4.69) is 4.98 Å². The van der Waals surface area contributed by atoms with Gasteiger partial charge in [0.1, 0.15) is 10.8 Å². The fraction of sp³-hybridized carbons (Fsp3) is 0.400. The first kappa shape index (κ1) is 11.9. The number of aliphatic hydroxyl groups is 1. The minimum atomic E-state index is -0.0204. The van der Waals surface area contributed by atoms with Gasteiger partial charge in [0.05, 0.1) is 18.2 Å². The van der Waals surface area contributed by atoms with Gasteiger partial charge in [-0.1, -0.05) is 12.2 Å². The van der Waals surface area contributed by atoms with E-state index in [1.54, 1.807) is 12.3 Å². The molecule has 1 aromatic heterocycles. The molecule has 5 heteroatoms. The largest absolute Gasteiger partial charge is 0.394 e. The van der Waals surface area contributed by atoms with E-state index in [1.165, 1.54) is 0 Å². The van der Waals surface area contributed by atoms with Gasteiger partial charge in [-0.05, 0) is 19.1 Å². The molecule has 0 amide bonds. The Balaban J connectivity index is 3.07. The van der Waals surface area contributed by atoms with Gasteiger partial charge in [0, 0.05) is 13.2 Å². The first-order valence-corrected chi connectivity index (χ1v) is 5.07. The Hall–Kier alpha value is -1.20. The molecule has 3 N–H and O–H groups in total. The van der Waals surface area contributed by atoms with Crippen LogP contribution in [0.2, 0.25) is 0 Å². The summed E-state index contributed by atoms with van der Waals surface area (Å²) in [6.45, 7) is 1.96. The van der Waals surface area contributed by atoms with Gasteiger partial charge in [-0.25, -0.2) is 4.98 Å². The zero-order valence-electron chi connectivity index (χ0n) is 8.84. The maximum atomic E-state index is 9.06. The van der Waals surface area contributed by atoms with E-state index in [4.69, 9.17) is 23.1 Å². The van der Waals surface area contributed by atoms with E-state index in [0.29, 0.717) is 10.8 Å². The summed E-state index contributed by atoms with van der Waals surface area (Å²) in [5.41, 5.74) is 6.33. The number of nitrogens with two attached hydrogens (primary N) is 1. The zero-order chi connectivity index (χ0) is 11.4. The highest BCUT2D eigenvalue weighted by atomic mass is 32.1. The highest BCUT2D eigenvalue weighted by Gasteiger charge is 2.14. The van der Waals surface area contributed by atoms with Crippen molar-refractivity contribution in [2.75, 3.05) is 18.6 Å². The van der Waals surface area contributed by atoms with Gasteiger partial charge in [-0.15, -0.1) is 0 Å². The molecule has 0 bridgehead atoms. The van der Waals surface area contributed by atoms with Crippen molar-refractivity contribution in [1.29, 1.82) is 0 Å². The van der Waals surface area contributed by atoms with Crippen molar-refractivity contribution in [1.82, 2.24) is 4.98 Å². The SMILES string of the molecule is CC(CO)N(C)c1ncccc1C(N)=S. The number of aromatic nitrogens is 1. The van der Waals surface area contributed by atoms with Crippen LogP contribution in [0, 0.1) is 0 Å². The number of likely N-dealkylation sites (N-methyl/N-ethyl adjacent to an activating group) is 1. The average Bonchev–Trinajstić information content (AvgIpc) is 2.27. The number of aliphatic hydroxyl groups excluding tert-OH is 1. The Morgan fingerprint density at radius 1 is 1.73 bits per heavy atom. The summed E-state index contributed by atoms with van der Waals surface area (Å²) >= 11 is 4.94. The third-order valence-electron chi connectivity index (χ3n) is 2.31. The van der Waals surface area contributed by atoms with Crippen LogP contribution in [-0.2, 0) is 0 Å². The fourth-order valence-corrected chi connectivity index (χ4v) is 1.36. The van der Waals surface area contributed by atoms with Gasteiger partial charge >= 0.3 is 0 Å². The monoisotopic (exact) mass is 225 g/mol. The number of nitrogens with zero attached hydrogens (tertiary/aromatic N) is 2. The number of hydrogen-bond acceptors (Lipinski definition) is 4. The topological polar surface area (TPSA) is 62.4 Å². The first-order valence-electron chi connectivity index (χ1n) is 4.66. The molecule has 1 rings (SSSR count). The first-order chi connectivity index (χ1) is 7.07. The number of anilines is 1. The standard InChI is InChI=1S/C10H15N3OS/c1-7(6-14)13(2)10-8(9(11)15)4-3-5-12-10/h3-5,7,14H,6H2,1-2H3,(H2,11,15). The summed E-state index contributed by atoms with van der Waals surface area (Å²) in [6, 6.07) is 3.59. The van der Waals surface area contributed by atoms with E-state index in [0.717, 1.165) is 5.56 Å². The summed E-state index contributed by atoms with van der Waals surface area (Å²) in [5.74, 6) is 0.701. The van der Waals surface area contributed by atoms with Crippen molar-refractivity contribution in [3.8, 4) is 0 Å². The van der Waals surface area contributed by atoms with Gasteiger partial charge in [0.15, 0.2) is 0 Å². The fourth-order valence-electron chi connectivity index (χ4n) is 1.20. The smallest absolute Gasteiger partial charge is 0.138 e. The summed E-state index contributed by atoms with van der Waals surface area (Å²) in [6.07, 6.45) is 1.68. The lowest BCUT2D eigenvalue weighted by Crippen LogP contribution is -2.34. The quantitative estimate of drug-likeness (QED) is 0.732. The van der Waals surface area contributed by atoms with E-state index < -0.39 is 0 Å². The van der Waals surface area contributed by atoms with Crippen molar-refractivity contribution >= 4 is 23.0 Å². The van der Waals surface area contributed by atoms with Gasteiger partial charge in [0.2, 0.25) is 0 Å². The van der Waals surface area contributed by atoms with Gasteiger partial charge in [-0.2, -0.15) is 0 Å². The molecule has 0 aromatic carbocycles. The lowest BCUT2D eigenvalue weighted by Gasteiger charge is -2.25. The Bertz CT molecular complexity index is 356. The van der Waals surface area contributed by atoms with Crippen LogP contribution in [0.1, 0.15) is 12.5 Å². The molecule has 0 aliphatic heterocycles. The van der Waals surface area contributed by atoms with E-state index in [1.807, 2.05) is 24.9 Å². The molecule has 4 nitrogen and oxygen atoms in total. The molecular formula is C10H15N3OS. The predicted molar refractivity (Wildman–Crippen MR) is 65.1 cm³/mol. The average molecular weight is 225 g/mol. The molecule has 82 valence electrons. The molecule has 1 aromatic rings. The Morgan fingerprint density at radius 2 is 2.40 bits per heavy atom. The molecule has 0 aliphatic carbocycles. The number of hydrogen-bond donors (Lipinski definition) is 2. The van der Waals surface area contributed by atoms with Crippen LogP contribution in [-0.4, -0.2) is 34.8 Å². The van der Waals surface area contributed by atoms with Gasteiger partial charge < -0.3 is 15.7 Å². The van der Waals surface area contributed by atoms with E-state index in [-0.39, 0.29) is 12.6 Å². The van der Waals surface area contributed by atoms with Crippen LogP contribution >= 0.6 is 12.2 Å². The van der Waals surface area contributed by atoms with Crippen LogP contribution in [0.4, 0.5) is 5.82 Å². The van der Waals surface area contributed by atoms with Crippen molar-refractivity contribution in [2.45, 2.75) is 13.0 Å². The molecule has 1 heterocycles. The lowest BCUT2D eigenvalue weighted by molar-refractivity contribution is 0.270. The summed E-state index contributed by atoms with van der Waals surface area (Å²) in [7, 11) is 1.85. The highest BCUT2D eigenvalue weighted by Crippen LogP contribution is 2.17. The third kappa shape index (κ3) is 2.64. The minimum absolute atomic E-state index is 0.0204. The third-order valence-corrected chi connectivity index (χ3v) is 2.53. The van der Waals surface area contributed by atoms with Crippen molar-refractivity contribution in [3.63, 3.8) is 0 Å². The number of thiocarbonyl (C=S) groups is 1. The molecule has 0 saturated heterocycles. The van der Waals surface area contributed by atoms with Crippen LogP contribution in [0.15, 0.2) is 18.3 Å². The normalized spacial score (nSPS) is 12.2. The molecule has 0 fully saturated rings. The maximum absolute atomic E-state index is 9.06. The van der Waals surface area contributed by atoms with E-state index in [9.17, 15) is 0 Å². The van der Waals surface area contributed by atoms with Crippen LogP contribution in [0.5, 0.6) is 0 Å². The second kappa shape index (κ2) is 5.04. The predicted octanol–water partition coefficient (Wildman–Crippen LogP) is 0.533. The summed E-state index contributed by atoms with van der Waals surface area (Å²) in [4.78, 5) is 6.39. The van der Waals surface area contributed by atoms with E-state index >= 15 is 0 Å². The molecule has 0 radical (unpaired) electrons. The Kier molecular flexibility index (Phi) is 3.99. The molecule has 15 heavy (non-hydrogen) atoms. The lowest BCUT2D eigenvalue weighted by atomic mass is 10.2. The molecule has 1 unspecified atom stereocenters. The maximum Gasteiger partial charge on any atom is 0.138 e. The Morgan fingerprint density at radius 3 is 2.93 bits per heavy atom. The minimum Gasteiger partial charge on any atom is -0.394 e. The Labute approximate surface area is 94.7 Å². The summed E-state index contributed by atoms with van der Waals surface area (Å²) in [5, 5.41) is 9.06.